The first-order valence-electron chi connectivity index (χ1n) is 10.8. The molecule has 0 aromatic carbocycles. The van der Waals surface area contributed by atoms with E-state index >= 15 is 0 Å². The molecule has 2 fully saturated rings. The van der Waals surface area contributed by atoms with Gasteiger partial charge in [-0.15, -0.1) is 11.3 Å². The Hall–Kier alpha value is -1.99. The highest BCUT2D eigenvalue weighted by Crippen LogP contribution is 2.22. The molecule has 4 rings (SSSR count). The zero-order valence-electron chi connectivity index (χ0n) is 17.3. The predicted molar refractivity (Wildman–Crippen MR) is 117 cm³/mol. The van der Waals surface area contributed by atoms with E-state index in [0.29, 0.717) is 11.5 Å². The van der Waals surface area contributed by atoms with E-state index in [-0.39, 0.29) is 5.91 Å². The third-order valence-electron chi connectivity index (χ3n) is 6.00. The zero-order valence-corrected chi connectivity index (χ0v) is 18.1. The first kappa shape index (κ1) is 20.3. The van der Waals surface area contributed by atoms with Crippen LogP contribution in [0.25, 0.3) is 0 Å². The van der Waals surface area contributed by atoms with Crippen molar-refractivity contribution in [1.82, 2.24) is 19.8 Å². The predicted octanol–water partition coefficient (Wildman–Crippen LogP) is 3.80. The van der Waals surface area contributed by atoms with Gasteiger partial charge in [0.05, 0.1) is 16.3 Å². The number of pyridine rings is 1. The fraction of sp³-hybridized carbons (Fsp3) is 0.591. The molecule has 6 nitrogen and oxygen atoms in total. The lowest BCUT2D eigenvalue weighted by Gasteiger charge is -2.32. The number of amides is 1. The highest BCUT2D eigenvalue weighted by molar-refractivity contribution is 7.09. The maximum absolute atomic E-state index is 12.9. The second-order valence-corrected chi connectivity index (χ2v) is 9.27. The Bertz CT molecular complexity index is 809. The van der Waals surface area contributed by atoms with Gasteiger partial charge < -0.3 is 10.2 Å². The van der Waals surface area contributed by atoms with Crippen molar-refractivity contribution in [2.75, 3.05) is 38.0 Å². The van der Waals surface area contributed by atoms with Gasteiger partial charge in [0, 0.05) is 37.8 Å². The third kappa shape index (κ3) is 5.34. The van der Waals surface area contributed by atoms with Crippen molar-refractivity contribution >= 4 is 23.1 Å². The summed E-state index contributed by atoms with van der Waals surface area (Å²) in [6, 6.07) is 3.77. The molecular formula is C22H31N5OS. The molecule has 0 unspecified atom stereocenters. The number of thiazole rings is 1. The lowest BCUT2D eigenvalue weighted by molar-refractivity contribution is 0.0725. The largest absolute Gasteiger partial charge is 0.369 e. The molecule has 0 bridgehead atoms. The van der Waals surface area contributed by atoms with Crippen molar-refractivity contribution in [1.29, 1.82) is 0 Å². The lowest BCUT2D eigenvalue weighted by atomic mass is 9.96. The van der Waals surface area contributed by atoms with Crippen LogP contribution in [-0.2, 0) is 6.54 Å². The Labute approximate surface area is 177 Å². The first-order valence-corrected chi connectivity index (χ1v) is 11.7. The number of rotatable bonds is 6. The highest BCUT2D eigenvalue weighted by Gasteiger charge is 2.23. The molecule has 156 valence electrons. The van der Waals surface area contributed by atoms with E-state index in [0.717, 1.165) is 62.9 Å². The average Bonchev–Trinajstić information content (AvgIpc) is 3.18. The van der Waals surface area contributed by atoms with Gasteiger partial charge in [-0.25, -0.2) is 9.97 Å². The molecule has 1 N–H and O–H groups in total. The van der Waals surface area contributed by atoms with Crippen molar-refractivity contribution in [2.24, 2.45) is 5.92 Å². The molecule has 2 aliphatic rings. The summed E-state index contributed by atoms with van der Waals surface area (Å²) in [6.07, 6.45) is 7.54. The van der Waals surface area contributed by atoms with Crippen LogP contribution in [0.4, 0.5) is 5.82 Å². The lowest BCUT2D eigenvalue weighted by Crippen LogP contribution is -2.37. The third-order valence-corrected chi connectivity index (χ3v) is 6.82. The summed E-state index contributed by atoms with van der Waals surface area (Å²) in [7, 11) is 0. The van der Waals surface area contributed by atoms with Crippen LogP contribution < -0.4 is 5.32 Å². The maximum atomic E-state index is 12.9. The summed E-state index contributed by atoms with van der Waals surface area (Å²) in [5.41, 5.74) is 1.91. The van der Waals surface area contributed by atoms with Crippen LogP contribution in [0.5, 0.6) is 0 Å². The second-order valence-electron chi connectivity index (χ2n) is 8.21. The fourth-order valence-corrected chi connectivity index (χ4v) is 4.89. The van der Waals surface area contributed by atoms with Gasteiger partial charge in [0.1, 0.15) is 5.82 Å². The van der Waals surface area contributed by atoms with Crippen LogP contribution >= 0.6 is 11.3 Å². The Kier molecular flexibility index (Phi) is 6.77. The molecule has 2 aromatic heterocycles. The molecule has 2 saturated heterocycles. The van der Waals surface area contributed by atoms with Crippen LogP contribution in [0.15, 0.2) is 23.7 Å². The van der Waals surface area contributed by atoms with Crippen molar-refractivity contribution < 1.29 is 4.79 Å². The van der Waals surface area contributed by atoms with Gasteiger partial charge in [-0.1, -0.05) is 0 Å². The highest BCUT2D eigenvalue weighted by atomic mass is 32.1. The normalized spacial score (nSPS) is 18.7. The number of hydrogen-bond acceptors (Lipinski definition) is 6. The van der Waals surface area contributed by atoms with Gasteiger partial charge in [0.25, 0.3) is 5.91 Å². The van der Waals surface area contributed by atoms with E-state index in [1.165, 1.54) is 25.0 Å². The molecule has 0 spiro atoms. The summed E-state index contributed by atoms with van der Waals surface area (Å²) in [5.74, 6) is 1.47. The number of likely N-dealkylation sites (tertiary alicyclic amines) is 2. The number of aryl methyl sites for hydroxylation is 1. The monoisotopic (exact) mass is 413 g/mol. The summed E-state index contributed by atoms with van der Waals surface area (Å²) in [6.45, 7) is 7.83. The molecule has 1 amide bonds. The number of nitrogens with one attached hydrogen (secondary N) is 1. The number of piperidine rings is 2. The van der Waals surface area contributed by atoms with Crippen LogP contribution in [0.1, 0.15) is 53.2 Å². The number of hydrogen-bond donors (Lipinski definition) is 1. The van der Waals surface area contributed by atoms with E-state index in [9.17, 15) is 4.79 Å². The quantitative estimate of drug-likeness (QED) is 0.781. The van der Waals surface area contributed by atoms with Crippen LogP contribution in [0.3, 0.4) is 0 Å². The Morgan fingerprint density at radius 3 is 2.72 bits per heavy atom. The smallest absolute Gasteiger partial charge is 0.257 e. The summed E-state index contributed by atoms with van der Waals surface area (Å²) in [4.78, 5) is 26.5. The van der Waals surface area contributed by atoms with Crippen molar-refractivity contribution in [3.8, 4) is 0 Å². The van der Waals surface area contributed by atoms with E-state index in [2.05, 4.69) is 32.5 Å². The summed E-state index contributed by atoms with van der Waals surface area (Å²) >= 11 is 1.73. The number of carbonyl (C=O) groups excluding carboxylic acids is 1. The van der Waals surface area contributed by atoms with E-state index in [1.54, 1.807) is 17.5 Å². The van der Waals surface area contributed by atoms with Crippen molar-refractivity contribution in [3.63, 3.8) is 0 Å². The van der Waals surface area contributed by atoms with E-state index in [1.807, 2.05) is 17.0 Å². The molecule has 7 heteroatoms. The van der Waals surface area contributed by atoms with Crippen LogP contribution in [0.2, 0.25) is 0 Å². The topological polar surface area (TPSA) is 61.4 Å². The molecule has 2 aromatic rings. The number of aromatic nitrogens is 2. The minimum absolute atomic E-state index is 0.119. The van der Waals surface area contributed by atoms with Gasteiger partial charge in [-0.3, -0.25) is 9.69 Å². The van der Waals surface area contributed by atoms with Gasteiger partial charge >= 0.3 is 0 Å². The second kappa shape index (κ2) is 9.67. The molecule has 0 atom stereocenters. The first-order chi connectivity index (χ1) is 14.2. The minimum atomic E-state index is 0.119. The molecular weight excluding hydrogens is 382 g/mol. The van der Waals surface area contributed by atoms with Crippen LogP contribution in [0, 0.1) is 12.8 Å². The molecule has 0 radical (unpaired) electrons. The number of anilines is 1. The maximum Gasteiger partial charge on any atom is 0.257 e. The molecule has 0 aliphatic carbocycles. The van der Waals surface area contributed by atoms with E-state index < -0.39 is 0 Å². The molecule has 29 heavy (non-hydrogen) atoms. The number of nitrogens with zero attached hydrogens (tertiary/aromatic N) is 4. The van der Waals surface area contributed by atoms with Crippen molar-refractivity contribution in [3.05, 3.63) is 40.0 Å². The Morgan fingerprint density at radius 2 is 2.00 bits per heavy atom. The Balaban J connectivity index is 1.28. The van der Waals surface area contributed by atoms with Gasteiger partial charge in [-0.05, 0) is 70.2 Å². The van der Waals surface area contributed by atoms with Gasteiger partial charge in [0.2, 0.25) is 0 Å². The summed E-state index contributed by atoms with van der Waals surface area (Å²) in [5, 5.41) is 6.80. The minimum Gasteiger partial charge on any atom is -0.369 e. The Morgan fingerprint density at radius 1 is 1.21 bits per heavy atom. The van der Waals surface area contributed by atoms with Crippen LogP contribution in [-0.4, -0.2) is 58.4 Å². The van der Waals surface area contributed by atoms with Gasteiger partial charge in [-0.2, -0.15) is 0 Å². The molecule has 4 heterocycles. The molecule has 2 aliphatic heterocycles. The number of carbonyl (C=O) groups is 1. The van der Waals surface area contributed by atoms with Gasteiger partial charge in [0.15, 0.2) is 0 Å². The van der Waals surface area contributed by atoms with E-state index in [4.69, 9.17) is 0 Å². The molecule has 0 saturated carbocycles. The average molecular weight is 414 g/mol. The standard InChI is InChI=1S/C22H31N5OS/c1-17-25-19(16-29-17)15-26-12-7-18(8-13-26)14-24-21-20(6-5-9-23-21)22(28)27-10-3-2-4-11-27/h5-6,9,16,18H,2-4,7-8,10-15H2,1H3,(H,23,24). The SMILES string of the molecule is Cc1nc(CN2CCC(CNc3ncccc3C(=O)N3CCCCC3)CC2)cs1. The zero-order chi connectivity index (χ0) is 20.1. The van der Waals surface area contributed by atoms with Crippen molar-refractivity contribution in [2.45, 2.75) is 45.6 Å². The summed E-state index contributed by atoms with van der Waals surface area (Å²) < 4.78 is 0. The fourth-order valence-electron chi connectivity index (χ4n) is 4.29.